The van der Waals surface area contributed by atoms with Crippen molar-refractivity contribution >= 4 is 39.3 Å². The van der Waals surface area contributed by atoms with Crippen molar-refractivity contribution in [1.29, 1.82) is 0 Å². The molecular formula is C15H18BrF3N2O4S. The Labute approximate surface area is 160 Å². The number of nitrogens with zero attached hydrogens (tertiary/aromatic N) is 1. The predicted molar refractivity (Wildman–Crippen MR) is 92.4 cm³/mol. The Balaban J connectivity index is 2.01. The molecule has 0 bridgehead atoms. The first kappa shape index (κ1) is 20.8. The van der Waals surface area contributed by atoms with E-state index in [4.69, 9.17) is 4.74 Å². The highest BCUT2D eigenvalue weighted by Crippen LogP contribution is 2.37. The van der Waals surface area contributed by atoms with Gasteiger partial charge in [-0.3, -0.25) is 4.79 Å². The summed E-state index contributed by atoms with van der Waals surface area (Å²) in [7, 11) is 0. The van der Waals surface area contributed by atoms with Gasteiger partial charge in [0.25, 0.3) is 5.91 Å². The lowest BCUT2D eigenvalue weighted by Gasteiger charge is -2.22. The van der Waals surface area contributed by atoms with Gasteiger partial charge < -0.3 is 19.7 Å². The Morgan fingerprint density at radius 3 is 2.58 bits per heavy atom. The lowest BCUT2D eigenvalue weighted by Crippen LogP contribution is -2.41. The average Bonchev–Trinajstić information content (AvgIpc) is 3.01. The normalized spacial score (nSPS) is 18.0. The fraction of sp³-hybridized carbons (Fsp3) is 0.600. The quantitative estimate of drug-likeness (QED) is 0.738. The Kier molecular flexibility index (Phi) is 6.11. The molecule has 146 valence electrons. The molecule has 2 heterocycles. The molecule has 1 saturated heterocycles. The molecule has 11 heteroatoms. The minimum Gasteiger partial charge on any atom is -0.444 e. The van der Waals surface area contributed by atoms with Crippen LogP contribution in [0, 0.1) is 0 Å². The Morgan fingerprint density at radius 1 is 1.35 bits per heavy atom. The SMILES string of the molecule is CC(C)(C)OC(=O)N[C@H]1CCN(C(=O)c2sc(Br)cc2OC(F)(F)F)C1. The molecule has 2 rings (SSSR count). The van der Waals surface area contributed by atoms with E-state index >= 15 is 0 Å². The molecule has 26 heavy (non-hydrogen) atoms. The largest absolute Gasteiger partial charge is 0.573 e. The molecule has 1 fully saturated rings. The number of amides is 2. The minimum atomic E-state index is -4.89. The Morgan fingerprint density at radius 2 is 2.00 bits per heavy atom. The third-order valence-electron chi connectivity index (χ3n) is 3.28. The number of carbonyl (C=O) groups is 2. The molecular weight excluding hydrogens is 441 g/mol. The van der Waals surface area contributed by atoms with E-state index < -0.39 is 29.7 Å². The maximum atomic E-state index is 12.6. The molecule has 2 amide bonds. The highest BCUT2D eigenvalue weighted by Gasteiger charge is 2.36. The van der Waals surface area contributed by atoms with Crippen molar-refractivity contribution in [3.05, 3.63) is 14.7 Å². The highest BCUT2D eigenvalue weighted by molar-refractivity contribution is 9.11. The van der Waals surface area contributed by atoms with E-state index in [2.05, 4.69) is 26.0 Å². The van der Waals surface area contributed by atoms with Gasteiger partial charge in [-0.15, -0.1) is 24.5 Å². The van der Waals surface area contributed by atoms with Gasteiger partial charge in [-0.1, -0.05) is 0 Å². The molecule has 1 N–H and O–H groups in total. The maximum Gasteiger partial charge on any atom is 0.573 e. The van der Waals surface area contributed by atoms with Gasteiger partial charge in [-0.05, 0) is 43.1 Å². The van der Waals surface area contributed by atoms with Gasteiger partial charge in [0.15, 0.2) is 5.75 Å². The molecule has 0 aromatic carbocycles. The number of thiophene rings is 1. The van der Waals surface area contributed by atoms with Crippen LogP contribution in [0.3, 0.4) is 0 Å². The van der Waals surface area contributed by atoms with Crippen molar-refractivity contribution in [2.24, 2.45) is 0 Å². The third-order valence-corrected chi connectivity index (χ3v) is 4.89. The Bertz CT molecular complexity index is 687. The van der Waals surface area contributed by atoms with Gasteiger partial charge >= 0.3 is 12.5 Å². The van der Waals surface area contributed by atoms with Crippen LogP contribution in [0.2, 0.25) is 0 Å². The Hall–Kier alpha value is -1.49. The summed E-state index contributed by atoms with van der Waals surface area (Å²) in [5.74, 6) is -1.11. The summed E-state index contributed by atoms with van der Waals surface area (Å²) in [5.41, 5.74) is -0.648. The van der Waals surface area contributed by atoms with Crippen LogP contribution in [0.5, 0.6) is 5.75 Å². The molecule has 1 atom stereocenters. The maximum absolute atomic E-state index is 12.6. The summed E-state index contributed by atoms with van der Waals surface area (Å²) in [6.07, 6.45) is -5.01. The topological polar surface area (TPSA) is 67.9 Å². The zero-order chi connectivity index (χ0) is 19.7. The molecule has 6 nitrogen and oxygen atoms in total. The fourth-order valence-electron chi connectivity index (χ4n) is 2.38. The zero-order valence-corrected chi connectivity index (χ0v) is 16.7. The van der Waals surface area contributed by atoms with E-state index in [1.165, 1.54) is 4.90 Å². The minimum absolute atomic E-state index is 0.146. The summed E-state index contributed by atoms with van der Waals surface area (Å²) >= 11 is 3.93. The van der Waals surface area contributed by atoms with E-state index in [0.717, 1.165) is 17.4 Å². The number of hydrogen-bond donors (Lipinski definition) is 1. The third kappa shape index (κ3) is 6.04. The van der Waals surface area contributed by atoms with E-state index in [1.54, 1.807) is 20.8 Å². The molecule has 0 spiro atoms. The number of alkyl carbamates (subject to hydrolysis) is 1. The van der Waals surface area contributed by atoms with Crippen LogP contribution in [0.15, 0.2) is 9.85 Å². The summed E-state index contributed by atoms with van der Waals surface area (Å²) in [6, 6.07) is 0.780. The smallest absolute Gasteiger partial charge is 0.444 e. The molecule has 1 aliphatic rings. The number of nitrogens with one attached hydrogen (secondary N) is 1. The summed E-state index contributed by atoms with van der Waals surface area (Å²) < 4.78 is 46.9. The second-order valence-electron chi connectivity index (χ2n) is 6.67. The zero-order valence-electron chi connectivity index (χ0n) is 14.3. The molecule has 0 radical (unpaired) electrons. The molecule has 1 aromatic heterocycles. The van der Waals surface area contributed by atoms with Gasteiger partial charge in [0.2, 0.25) is 0 Å². The number of halogens is 4. The van der Waals surface area contributed by atoms with Crippen LogP contribution < -0.4 is 10.1 Å². The van der Waals surface area contributed by atoms with Crippen LogP contribution in [-0.4, -0.2) is 48.0 Å². The lowest BCUT2D eigenvalue weighted by atomic mass is 10.2. The number of rotatable bonds is 3. The van der Waals surface area contributed by atoms with E-state index in [-0.39, 0.29) is 17.5 Å². The first-order chi connectivity index (χ1) is 11.8. The summed E-state index contributed by atoms with van der Waals surface area (Å²) in [4.78, 5) is 25.6. The lowest BCUT2D eigenvalue weighted by molar-refractivity contribution is -0.274. The molecule has 1 aliphatic heterocycles. The van der Waals surface area contributed by atoms with Crippen LogP contribution in [0.25, 0.3) is 0 Å². The summed E-state index contributed by atoms with van der Waals surface area (Å²) in [6.45, 7) is 5.68. The molecule has 0 saturated carbocycles. The molecule has 1 aromatic rings. The van der Waals surface area contributed by atoms with Crippen LogP contribution in [0.1, 0.15) is 36.9 Å². The van der Waals surface area contributed by atoms with Crippen molar-refractivity contribution in [3.63, 3.8) is 0 Å². The number of likely N-dealkylation sites (tertiary alicyclic amines) is 1. The second kappa shape index (κ2) is 7.63. The van der Waals surface area contributed by atoms with Crippen molar-refractivity contribution in [3.8, 4) is 5.75 Å². The first-order valence-corrected chi connectivity index (χ1v) is 9.29. The van der Waals surface area contributed by atoms with Crippen molar-refractivity contribution < 1.29 is 32.2 Å². The van der Waals surface area contributed by atoms with E-state index in [0.29, 0.717) is 16.8 Å². The molecule has 0 unspecified atom stereocenters. The van der Waals surface area contributed by atoms with Gasteiger partial charge in [-0.25, -0.2) is 4.79 Å². The number of ether oxygens (including phenoxy) is 2. The summed E-state index contributed by atoms with van der Waals surface area (Å²) in [5, 5.41) is 2.66. The van der Waals surface area contributed by atoms with E-state index in [1.807, 2.05) is 0 Å². The number of carbonyl (C=O) groups excluding carboxylic acids is 2. The van der Waals surface area contributed by atoms with Gasteiger partial charge in [-0.2, -0.15) is 0 Å². The van der Waals surface area contributed by atoms with Crippen LogP contribution >= 0.6 is 27.3 Å². The second-order valence-corrected chi connectivity index (χ2v) is 9.11. The van der Waals surface area contributed by atoms with Crippen LogP contribution in [0.4, 0.5) is 18.0 Å². The van der Waals surface area contributed by atoms with Crippen LogP contribution in [-0.2, 0) is 4.74 Å². The van der Waals surface area contributed by atoms with Crippen molar-refractivity contribution in [1.82, 2.24) is 10.2 Å². The average molecular weight is 459 g/mol. The van der Waals surface area contributed by atoms with Crippen molar-refractivity contribution in [2.45, 2.75) is 45.2 Å². The van der Waals surface area contributed by atoms with E-state index in [9.17, 15) is 22.8 Å². The van der Waals surface area contributed by atoms with Gasteiger partial charge in [0.05, 0.1) is 9.83 Å². The van der Waals surface area contributed by atoms with Gasteiger partial charge in [0, 0.05) is 19.2 Å². The van der Waals surface area contributed by atoms with Crippen molar-refractivity contribution in [2.75, 3.05) is 13.1 Å². The molecule has 0 aliphatic carbocycles. The predicted octanol–water partition coefficient (Wildman–Crippen LogP) is 4.15. The monoisotopic (exact) mass is 458 g/mol. The highest BCUT2D eigenvalue weighted by atomic mass is 79.9. The fourth-order valence-corrected chi connectivity index (χ4v) is 3.85. The standard InChI is InChI=1S/C15H18BrF3N2O4S/c1-14(2,3)25-13(23)20-8-4-5-21(7-8)12(22)11-9(6-10(16)26-11)24-15(17,18)19/h6,8H,4-5,7H2,1-3H3,(H,20,23)/t8-/m0/s1. The first-order valence-electron chi connectivity index (χ1n) is 7.68. The van der Waals surface area contributed by atoms with Gasteiger partial charge in [0.1, 0.15) is 10.5 Å². The number of hydrogen-bond acceptors (Lipinski definition) is 5. The number of alkyl halides is 3.